The van der Waals surface area contributed by atoms with Gasteiger partial charge in [0.25, 0.3) is 0 Å². The zero-order valence-electron chi connectivity index (χ0n) is 11.7. The van der Waals surface area contributed by atoms with E-state index in [4.69, 9.17) is 4.74 Å². The van der Waals surface area contributed by atoms with Crippen LogP contribution >= 0.6 is 0 Å². The summed E-state index contributed by atoms with van der Waals surface area (Å²) in [6.45, 7) is 7.18. The molecule has 1 amide bonds. The van der Waals surface area contributed by atoms with Gasteiger partial charge >= 0.3 is 0 Å². The van der Waals surface area contributed by atoms with Gasteiger partial charge in [-0.15, -0.1) is 0 Å². The summed E-state index contributed by atoms with van der Waals surface area (Å²) in [6.07, 6.45) is 5.19. The van der Waals surface area contributed by atoms with Crippen molar-refractivity contribution in [1.82, 2.24) is 10.2 Å². The van der Waals surface area contributed by atoms with Gasteiger partial charge in [-0.1, -0.05) is 6.92 Å². The van der Waals surface area contributed by atoms with Gasteiger partial charge in [-0.3, -0.25) is 10.1 Å². The zero-order valence-corrected chi connectivity index (χ0v) is 11.7. The Kier molecular flexibility index (Phi) is 2.72. The smallest absolute Gasteiger partial charge is 0.244 e. The van der Waals surface area contributed by atoms with E-state index >= 15 is 0 Å². The van der Waals surface area contributed by atoms with Crippen molar-refractivity contribution in [2.24, 2.45) is 0 Å². The fourth-order valence-electron chi connectivity index (χ4n) is 3.48. The third-order valence-corrected chi connectivity index (χ3v) is 4.62. The summed E-state index contributed by atoms with van der Waals surface area (Å²) in [7, 11) is 0. The molecule has 3 rings (SSSR count). The van der Waals surface area contributed by atoms with Crippen LogP contribution in [0.5, 0.6) is 0 Å². The van der Waals surface area contributed by atoms with Crippen molar-refractivity contribution in [3.8, 4) is 0 Å². The molecule has 2 aliphatic heterocycles. The maximum absolute atomic E-state index is 12.6. The minimum atomic E-state index is -0.177. The summed E-state index contributed by atoms with van der Waals surface area (Å²) in [5, 5.41) is 3.55. The van der Waals surface area contributed by atoms with Crippen LogP contribution in [0, 0.1) is 0 Å². The summed E-state index contributed by atoms with van der Waals surface area (Å²) in [6, 6.07) is 0.346. The number of ether oxygens (including phenoxy) is 1. The molecule has 2 unspecified atom stereocenters. The lowest BCUT2D eigenvalue weighted by Crippen LogP contribution is -2.50. The number of hydrogen-bond donors (Lipinski definition) is 1. The summed E-state index contributed by atoms with van der Waals surface area (Å²) < 4.78 is 5.77. The standard InChI is InChI=1S/C14H24N2O2/c1-4-11-15-14(6-7-14)12(17)16(11)10-5-8-18-13(2,3)9-10/h10-11,15H,4-9H2,1-3H3. The van der Waals surface area contributed by atoms with Crippen molar-refractivity contribution in [3.05, 3.63) is 0 Å². The molecule has 0 bridgehead atoms. The molecule has 3 fully saturated rings. The maximum atomic E-state index is 12.6. The first-order valence-electron chi connectivity index (χ1n) is 7.22. The quantitative estimate of drug-likeness (QED) is 0.812. The van der Waals surface area contributed by atoms with Gasteiger partial charge in [0.2, 0.25) is 5.91 Å². The van der Waals surface area contributed by atoms with Gasteiger partial charge in [-0.05, 0) is 46.0 Å². The summed E-state index contributed by atoms with van der Waals surface area (Å²) >= 11 is 0. The summed E-state index contributed by atoms with van der Waals surface area (Å²) in [5.41, 5.74) is -0.274. The number of nitrogens with one attached hydrogen (secondary N) is 1. The number of rotatable bonds is 2. The Labute approximate surface area is 109 Å². The van der Waals surface area contributed by atoms with E-state index in [-0.39, 0.29) is 17.3 Å². The van der Waals surface area contributed by atoms with Crippen molar-refractivity contribution in [2.75, 3.05) is 6.61 Å². The molecular formula is C14H24N2O2. The topological polar surface area (TPSA) is 41.6 Å². The highest BCUT2D eigenvalue weighted by Crippen LogP contribution is 2.44. The first kappa shape index (κ1) is 12.4. The average molecular weight is 252 g/mol. The molecule has 1 N–H and O–H groups in total. The lowest BCUT2D eigenvalue weighted by Gasteiger charge is -2.41. The maximum Gasteiger partial charge on any atom is 0.244 e. The van der Waals surface area contributed by atoms with Crippen molar-refractivity contribution in [1.29, 1.82) is 0 Å². The Morgan fingerprint density at radius 2 is 2.17 bits per heavy atom. The van der Waals surface area contributed by atoms with E-state index in [1.165, 1.54) is 0 Å². The lowest BCUT2D eigenvalue weighted by molar-refractivity contribution is -0.139. The lowest BCUT2D eigenvalue weighted by atomic mass is 9.92. The highest BCUT2D eigenvalue weighted by atomic mass is 16.5. The average Bonchev–Trinajstić information content (AvgIpc) is 3.01. The van der Waals surface area contributed by atoms with Crippen LogP contribution in [0.15, 0.2) is 0 Å². The first-order valence-corrected chi connectivity index (χ1v) is 7.22. The van der Waals surface area contributed by atoms with E-state index in [0.717, 1.165) is 38.7 Å². The largest absolute Gasteiger partial charge is 0.375 e. The number of carbonyl (C=O) groups excluding carboxylic acids is 1. The summed E-state index contributed by atoms with van der Waals surface area (Å²) in [5.74, 6) is 0.344. The molecule has 18 heavy (non-hydrogen) atoms. The van der Waals surface area contributed by atoms with Gasteiger partial charge in [0.15, 0.2) is 0 Å². The fraction of sp³-hybridized carbons (Fsp3) is 0.929. The number of hydrogen-bond acceptors (Lipinski definition) is 3. The molecule has 1 saturated carbocycles. The molecule has 0 aromatic rings. The molecule has 0 radical (unpaired) electrons. The van der Waals surface area contributed by atoms with E-state index < -0.39 is 0 Å². The third-order valence-electron chi connectivity index (χ3n) is 4.62. The Balaban J connectivity index is 1.79. The Bertz CT molecular complexity index is 363. The molecule has 4 nitrogen and oxygen atoms in total. The molecule has 1 spiro atoms. The fourth-order valence-corrected chi connectivity index (χ4v) is 3.48. The monoisotopic (exact) mass is 252 g/mol. The first-order chi connectivity index (χ1) is 8.47. The van der Waals surface area contributed by atoms with Crippen LogP contribution in [0.2, 0.25) is 0 Å². The molecular weight excluding hydrogens is 228 g/mol. The predicted octanol–water partition coefficient (Wildman–Crippen LogP) is 1.64. The van der Waals surface area contributed by atoms with Crippen molar-refractivity contribution < 1.29 is 9.53 Å². The van der Waals surface area contributed by atoms with Gasteiger partial charge in [0.1, 0.15) is 0 Å². The number of nitrogens with zero attached hydrogens (tertiary/aromatic N) is 1. The van der Waals surface area contributed by atoms with Crippen LogP contribution in [0.4, 0.5) is 0 Å². The molecule has 102 valence electrons. The van der Waals surface area contributed by atoms with Gasteiger partial charge in [-0.25, -0.2) is 0 Å². The zero-order chi connectivity index (χ0) is 13.0. The number of carbonyl (C=O) groups is 1. The van der Waals surface area contributed by atoms with Crippen molar-refractivity contribution in [3.63, 3.8) is 0 Å². The molecule has 2 atom stereocenters. The predicted molar refractivity (Wildman–Crippen MR) is 69.1 cm³/mol. The van der Waals surface area contributed by atoms with Crippen molar-refractivity contribution in [2.45, 2.75) is 76.2 Å². The van der Waals surface area contributed by atoms with E-state index in [2.05, 4.69) is 31.0 Å². The van der Waals surface area contributed by atoms with Gasteiger partial charge < -0.3 is 9.64 Å². The highest BCUT2D eigenvalue weighted by molar-refractivity contribution is 5.92. The van der Waals surface area contributed by atoms with Crippen molar-refractivity contribution >= 4 is 5.91 Å². The second-order valence-corrected chi connectivity index (χ2v) is 6.62. The number of amides is 1. The van der Waals surface area contributed by atoms with E-state index in [1.807, 2.05) is 0 Å². The molecule has 1 aliphatic carbocycles. The van der Waals surface area contributed by atoms with Gasteiger partial charge in [0, 0.05) is 12.6 Å². The van der Waals surface area contributed by atoms with Crippen LogP contribution in [0.3, 0.4) is 0 Å². The van der Waals surface area contributed by atoms with Gasteiger partial charge in [-0.2, -0.15) is 0 Å². The normalized spacial score (nSPS) is 37.3. The van der Waals surface area contributed by atoms with Crippen LogP contribution < -0.4 is 5.32 Å². The minimum absolute atomic E-state index is 0.0964. The Hall–Kier alpha value is -0.610. The third kappa shape index (κ3) is 1.86. The second-order valence-electron chi connectivity index (χ2n) is 6.62. The molecule has 3 aliphatic rings. The van der Waals surface area contributed by atoms with E-state index in [1.54, 1.807) is 0 Å². The van der Waals surface area contributed by atoms with E-state index in [9.17, 15) is 4.79 Å². The second kappa shape index (κ2) is 3.94. The molecule has 2 saturated heterocycles. The van der Waals surface area contributed by atoms with Crippen LogP contribution in [0.25, 0.3) is 0 Å². The molecule has 0 aromatic carbocycles. The minimum Gasteiger partial charge on any atom is -0.375 e. The Morgan fingerprint density at radius 1 is 1.44 bits per heavy atom. The van der Waals surface area contributed by atoms with Crippen LogP contribution in [0.1, 0.15) is 52.9 Å². The molecule has 0 aromatic heterocycles. The van der Waals surface area contributed by atoms with Crippen LogP contribution in [-0.2, 0) is 9.53 Å². The van der Waals surface area contributed by atoms with E-state index in [0.29, 0.717) is 11.9 Å². The molecule has 2 heterocycles. The summed E-state index contributed by atoms with van der Waals surface area (Å²) in [4.78, 5) is 14.7. The molecule has 4 heteroatoms. The van der Waals surface area contributed by atoms with Crippen LogP contribution in [-0.4, -0.2) is 40.8 Å². The Morgan fingerprint density at radius 3 is 2.72 bits per heavy atom. The highest BCUT2D eigenvalue weighted by Gasteiger charge is 2.60. The van der Waals surface area contributed by atoms with Gasteiger partial charge in [0.05, 0.1) is 17.3 Å². The SMILES string of the molecule is CCC1NC2(CC2)C(=O)N1C1CCOC(C)(C)C1.